The van der Waals surface area contributed by atoms with Crippen molar-refractivity contribution in [2.75, 3.05) is 31.1 Å². The first-order chi connectivity index (χ1) is 13.7. The van der Waals surface area contributed by atoms with Gasteiger partial charge in [-0.3, -0.25) is 14.8 Å². The Labute approximate surface area is 164 Å². The Bertz CT molecular complexity index is 911. The number of hydrogen-bond acceptors (Lipinski definition) is 5. The Morgan fingerprint density at radius 1 is 1.07 bits per heavy atom. The maximum absolute atomic E-state index is 13.1. The van der Waals surface area contributed by atoms with Crippen LogP contribution in [0.1, 0.15) is 16.3 Å². The van der Waals surface area contributed by atoms with Gasteiger partial charge in [0, 0.05) is 69.9 Å². The molecule has 1 fully saturated rings. The van der Waals surface area contributed by atoms with Crippen molar-refractivity contribution in [1.82, 2.24) is 24.4 Å². The van der Waals surface area contributed by atoms with E-state index >= 15 is 0 Å². The second kappa shape index (κ2) is 8.21. The number of amides is 1. The zero-order valence-corrected chi connectivity index (χ0v) is 16.0. The standard InChI is InChI=1S/C21H24N6O/c1-25-10-9-24-20(25)21(28)27-12-11-26(19-5-3-2-4-6-19)15-17(16-27)13-18-14-22-7-8-23-18/h2-10,14,17H,11-13,15-16H2,1H3/t17-/m1/s1. The normalized spacial score (nSPS) is 17.4. The molecule has 3 heterocycles. The molecule has 7 nitrogen and oxygen atoms in total. The number of anilines is 1. The lowest BCUT2D eigenvalue weighted by Gasteiger charge is -2.25. The van der Waals surface area contributed by atoms with Crippen molar-refractivity contribution in [2.45, 2.75) is 6.42 Å². The van der Waals surface area contributed by atoms with Gasteiger partial charge < -0.3 is 14.4 Å². The van der Waals surface area contributed by atoms with E-state index in [1.807, 2.05) is 24.2 Å². The van der Waals surface area contributed by atoms with Gasteiger partial charge in [0.1, 0.15) is 0 Å². The summed E-state index contributed by atoms with van der Waals surface area (Å²) in [6, 6.07) is 10.4. The molecule has 1 saturated heterocycles. The number of nitrogens with zero attached hydrogens (tertiary/aromatic N) is 6. The van der Waals surface area contributed by atoms with Crippen LogP contribution in [0.2, 0.25) is 0 Å². The van der Waals surface area contributed by atoms with Gasteiger partial charge in [0.2, 0.25) is 0 Å². The Morgan fingerprint density at radius 3 is 2.64 bits per heavy atom. The molecular formula is C21H24N6O. The zero-order chi connectivity index (χ0) is 19.3. The second-order valence-electron chi connectivity index (χ2n) is 7.16. The number of para-hydroxylation sites is 1. The number of aryl methyl sites for hydroxylation is 1. The molecule has 2 aromatic heterocycles. The summed E-state index contributed by atoms with van der Waals surface area (Å²) in [5.41, 5.74) is 2.13. The fourth-order valence-electron chi connectivity index (χ4n) is 3.74. The molecule has 0 N–H and O–H groups in total. The van der Waals surface area contributed by atoms with E-state index in [0.29, 0.717) is 18.9 Å². The SMILES string of the molecule is Cn1ccnc1C(=O)N1CCN(c2ccccc2)C[C@@H](Cc2cnccn2)C1. The summed E-state index contributed by atoms with van der Waals surface area (Å²) in [5, 5.41) is 0. The first-order valence-corrected chi connectivity index (χ1v) is 9.52. The van der Waals surface area contributed by atoms with Crippen molar-refractivity contribution in [1.29, 1.82) is 0 Å². The van der Waals surface area contributed by atoms with Crippen LogP contribution in [0, 0.1) is 5.92 Å². The number of aromatic nitrogens is 4. The van der Waals surface area contributed by atoms with Crippen LogP contribution in [0.5, 0.6) is 0 Å². The van der Waals surface area contributed by atoms with Crippen molar-refractivity contribution in [3.8, 4) is 0 Å². The molecule has 1 aliphatic heterocycles. The van der Waals surface area contributed by atoms with Gasteiger partial charge in [0.05, 0.1) is 5.69 Å². The first-order valence-electron chi connectivity index (χ1n) is 9.52. The van der Waals surface area contributed by atoms with Crippen molar-refractivity contribution in [3.05, 3.63) is 72.8 Å². The zero-order valence-electron chi connectivity index (χ0n) is 16.0. The molecule has 0 radical (unpaired) electrons. The maximum atomic E-state index is 13.1. The highest BCUT2D eigenvalue weighted by Gasteiger charge is 2.28. The van der Waals surface area contributed by atoms with E-state index < -0.39 is 0 Å². The van der Waals surface area contributed by atoms with Crippen LogP contribution in [0.15, 0.2) is 61.3 Å². The van der Waals surface area contributed by atoms with Crippen LogP contribution in [-0.4, -0.2) is 56.5 Å². The van der Waals surface area contributed by atoms with Crippen molar-refractivity contribution in [3.63, 3.8) is 0 Å². The lowest BCUT2D eigenvalue weighted by atomic mass is 10.0. The van der Waals surface area contributed by atoms with Crippen LogP contribution in [-0.2, 0) is 13.5 Å². The highest BCUT2D eigenvalue weighted by Crippen LogP contribution is 2.21. The Balaban J connectivity index is 1.58. The number of hydrogen-bond donors (Lipinski definition) is 0. The Hall–Kier alpha value is -3.22. The molecule has 3 aromatic rings. The molecular weight excluding hydrogens is 352 g/mol. The van der Waals surface area contributed by atoms with Crippen molar-refractivity contribution in [2.24, 2.45) is 13.0 Å². The molecule has 1 aromatic carbocycles. The summed E-state index contributed by atoms with van der Waals surface area (Å²) in [6.07, 6.45) is 9.46. The summed E-state index contributed by atoms with van der Waals surface area (Å²) in [4.78, 5) is 30.2. The van der Waals surface area contributed by atoms with Gasteiger partial charge in [-0.2, -0.15) is 0 Å². The summed E-state index contributed by atoms with van der Waals surface area (Å²) in [6.45, 7) is 2.99. The van der Waals surface area contributed by atoms with E-state index in [1.54, 1.807) is 29.4 Å². The third-order valence-corrected chi connectivity index (χ3v) is 5.13. The van der Waals surface area contributed by atoms with Gasteiger partial charge in [-0.15, -0.1) is 0 Å². The highest BCUT2D eigenvalue weighted by molar-refractivity contribution is 5.90. The molecule has 144 valence electrons. The molecule has 0 spiro atoms. The van der Waals surface area contributed by atoms with Gasteiger partial charge in [0.15, 0.2) is 5.82 Å². The molecule has 1 amide bonds. The molecule has 0 unspecified atom stereocenters. The minimum Gasteiger partial charge on any atom is -0.369 e. The van der Waals surface area contributed by atoms with Crippen LogP contribution in [0.3, 0.4) is 0 Å². The topological polar surface area (TPSA) is 67.2 Å². The predicted octanol–water partition coefficient (Wildman–Crippen LogP) is 2.03. The maximum Gasteiger partial charge on any atom is 0.289 e. The molecule has 0 bridgehead atoms. The van der Waals surface area contributed by atoms with Crippen LogP contribution in [0.4, 0.5) is 5.69 Å². The summed E-state index contributed by atoms with van der Waals surface area (Å²) >= 11 is 0. The van der Waals surface area contributed by atoms with Gasteiger partial charge in [0.25, 0.3) is 5.91 Å². The number of carbonyl (C=O) groups excluding carboxylic acids is 1. The Morgan fingerprint density at radius 2 is 1.93 bits per heavy atom. The van der Waals surface area contributed by atoms with Gasteiger partial charge in [-0.1, -0.05) is 18.2 Å². The predicted molar refractivity (Wildman–Crippen MR) is 107 cm³/mol. The number of rotatable bonds is 4. The van der Waals surface area contributed by atoms with Crippen LogP contribution < -0.4 is 4.90 Å². The molecule has 0 aliphatic carbocycles. The molecule has 7 heteroatoms. The lowest BCUT2D eigenvalue weighted by molar-refractivity contribution is 0.0731. The van der Waals surface area contributed by atoms with E-state index in [-0.39, 0.29) is 11.8 Å². The van der Waals surface area contributed by atoms with E-state index in [2.05, 4.69) is 44.1 Å². The minimum atomic E-state index is -0.0217. The summed E-state index contributed by atoms with van der Waals surface area (Å²) in [7, 11) is 1.85. The molecule has 1 atom stereocenters. The fraction of sp³-hybridized carbons (Fsp3) is 0.333. The first kappa shape index (κ1) is 18.2. The third kappa shape index (κ3) is 4.03. The smallest absolute Gasteiger partial charge is 0.289 e. The Kier molecular flexibility index (Phi) is 5.32. The highest BCUT2D eigenvalue weighted by atomic mass is 16.2. The van der Waals surface area contributed by atoms with E-state index in [0.717, 1.165) is 25.2 Å². The fourth-order valence-corrected chi connectivity index (χ4v) is 3.74. The van der Waals surface area contributed by atoms with E-state index in [1.165, 1.54) is 5.69 Å². The van der Waals surface area contributed by atoms with E-state index in [9.17, 15) is 4.79 Å². The monoisotopic (exact) mass is 376 g/mol. The molecule has 0 saturated carbocycles. The average Bonchev–Trinajstić information content (AvgIpc) is 3.04. The minimum absolute atomic E-state index is 0.0217. The third-order valence-electron chi connectivity index (χ3n) is 5.13. The second-order valence-corrected chi connectivity index (χ2v) is 7.16. The van der Waals surface area contributed by atoms with Crippen molar-refractivity contribution < 1.29 is 4.79 Å². The molecule has 28 heavy (non-hydrogen) atoms. The van der Waals surface area contributed by atoms with Crippen LogP contribution >= 0.6 is 0 Å². The number of benzene rings is 1. The van der Waals surface area contributed by atoms with Gasteiger partial charge >= 0.3 is 0 Å². The lowest BCUT2D eigenvalue weighted by Crippen LogP contribution is -2.37. The van der Waals surface area contributed by atoms with Gasteiger partial charge in [-0.25, -0.2) is 4.98 Å². The van der Waals surface area contributed by atoms with Crippen LogP contribution in [0.25, 0.3) is 0 Å². The molecule has 1 aliphatic rings. The van der Waals surface area contributed by atoms with Crippen molar-refractivity contribution >= 4 is 11.6 Å². The summed E-state index contributed by atoms with van der Waals surface area (Å²) < 4.78 is 1.78. The average molecular weight is 376 g/mol. The van der Waals surface area contributed by atoms with E-state index in [4.69, 9.17) is 0 Å². The number of carbonyl (C=O) groups is 1. The number of imidazole rings is 1. The summed E-state index contributed by atoms with van der Waals surface area (Å²) in [5.74, 6) is 0.710. The van der Waals surface area contributed by atoms with Gasteiger partial charge in [-0.05, 0) is 24.5 Å². The quantitative estimate of drug-likeness (QED) is 0.697. The molecule has 4 rings (SSSR count). The largest absolute Gasteiger partial charge is 0.369 e.